The lowest BCUT2D eigenvalue weighted by Crippen LogP contribution is -2.50. The van der Waals surface area contributed by atoms with Crippen molar-refractivity contribution in [1.29, 1.82) is 0 Å². The molecule has 1 unspecified atom stereocenters. The van der Waals surface area contributed by atoms with E-state index in [4.69, 9.17) is 10.2 Å². The second-order valence-corrected chi connectivity index (χ2v) is 9.92. The molecular formula is C17H18N6O2S2. The van der Waals surface area contributed by atoms with Gasteiger partial charge in [0.2, 0.25) is 18.2 Å². The summed E-state index contributed by atoms with van der Waals surface area (Å²) in [6, 6.07) is 7.77. The minimum absolute atomic E-state index is 0.207. The van der Waals surface area contributed by atoms with Gasteiger partial charge >= 0.3 is 0 Å². The molecule has 2 N–H and O–H groups in total. The number of guanidine groups is 1. The summed E-state index contributed by atoms with van der Waals surface area (Å²) < 4.78 is 19.5. The van der Waals surface area contributed by atoms with E-state index in [0.717, 1.165) is 21.0 Å². The van der Waals surface area contributed by atoms with Crippen LogP contribution in [-0.2, 0) is 15.2 Å². The maximum atomic E-state index is 12.8. The predicted molar refractivity (Wildman–Crippen MR) is 108 cm³/mol. The SMILES string of the molecule is C=S1(=O)C[C@@](C)(c2ncc(-c3cccc(-c4nnco4)c3)s2)N=C(N)N1C. The third kappa shape index (κ3) is 3.10. The molecule has 2 aromatic heterocycles. The van der Waals surface area contributed by atoms with Crippen molar-refractivity contribution < 1.29 is 8.63 Å². The second kappa shape index (κ2) is 6.17. The van der Waals surface area contributed by atoms with Crippen LogP contribution in [0.1, 0.15) is 11.9 Å². The lowest BCUT2D eigenvalue weighted by atomic mass is 10.1. The number of hydrogen-bond donors (Lipinski definition) is 1. The summed E-state index contributed by atoms with van der Waals surface area (Å²) in [6.45, 7) is 1.88. The number of benzene rings is 1. The molecule has 27 heavy (non-hydrogen) atoms. The van der Waals surface area contributed by atoms with Gasteiger partial charge in [-0.15, -0.1) is 21.5 Å². The topological polar surface area (TPSA) is 110 Å². The maximum absolute atomic E-state index is 12.8. The Morgan fingerprint density at radius 2 is 2.19 bits per heavy atom. The van der Waals surface area contributed by atoms with Gasteiger partial charge in [0.25, 0.3) is 0 Å². The lowest BCUT2D eigenvalue weighted by Gasteiger charge is -2.35. The van der Waals surface area contributed by atoms with Crippen LogP contribution in [0.15, 0.2) is 46.3 Å². The standard InChI is InChI=1S/C17H18N6O2S2/c1-17(9-27(3,24)23(2)16(18)21-17)15-19-8-13(26-15)11-5-4-6-12(7-11)14-22-20-10-25-14/h4-8,10H,3,9H2,1-2H3,(H2,18,21)/t17-,27?/m0/s1. The van der Waals surface area contributed by atoms with Crippen LogP contribution in [0.4, 0.5) is 0 Å². The van der Waals surface area contributed by atoms with Gasteiger partial charge in [-0.2, -0.15) is 0 Å². The van der Waals surface area contributed by atoms with Crippen molar-refractivity contribution in [3.05, 3.63) is 41.9 Å². The highest BCUT2D eigenvalue weighted by molar-refractivity contribution is 7.98. The molecule has 3 aromatic rings. The van der Waals surface area contributed by atoms with Gasteiger partial charge in [0.1, 0.15) is 10.5 Å². The van der Waals surface area contributed by atoms with E-state index < -0.39 is 15.2 Å². The Kier molecular flexibility index (Phi) is 4.04. The fraction of sp³-hybridized carbons (Fsp3) is 0.235. The molecule has 0 bridgehead atoms. The minimum atomic E-state index is -2.54. The van der Waals surface area contributed by atoms with Gasteiger partial charge in [0.15, 0.2) is 0 Å². The Morgan fingerprint density at radius 1 is 1.41 bits per heavy atom. The Labute approximate surface area is 160 Å². The van der Waals surface area contributed by atoms with Crippen molar-refractivity contribution in [2.24, 2.45) is 10.7 Å². The van der Waals surface area contributed by atoms with Gasteiger partial charge in [-0.25, -0.2) is 14.2 Å². The van der Waals surface area contributed by atoms with Gasteiger partial charge in [0, 0.05) is 18.8 Å². The smallest absolute Gasteiger partial charge is 0.247 e. The van der Waals surface area contributed by atoms with Gasteiger partial charge in [-0.1, -0.05) is 12.1 Å². The van der Waals surface area contributed by atoms with Crippen LogP contribution >= 0.6 is 11.3 Å². The van der Waals surface area contributed by atoms with Crippen LogP contribution in [-0.4, -0.2) is 48.3 Å². The second-order valence-electron chi connectivity index (χ2n) is 6.51. The van der Waals surface area contributed by atoms with E-state index in [1.165, 1.54) is 22.0 Å². The fourth-order valence-corrected chi connectivity index (χ4v) is 5.68. The number of nitrogens with two attached hydrogens (primary N) is 1. The van der Waals surface area contributed by atoms with Crippen molar-refractivity contribution in [2.75, 3.05) is 12.8 Å². The van der Waals surface area contributed by atoms with Gasteiger partial charge in [-0.3, -0.25) is 4.31 Å². The number of aliphatic imine (C=N–C) groups is 1. The third-order valence-electron chi connectivity index (χ3n) is 4.41. The van der Waals surface area contributed by atoms with E-state index in [-0.39, 0.29) is 11.7 Å². The average molecular weight is 403 g/mol. The maximum Gasteiger partial charge on any atom is 0.247 e. The first-order valence-corrected chi connectivity index (χ1v) is 10.7. The van der Waals surface area contributed by atoms with Crippen molar-refractivity contribution in [2.45, 2.75) is 12.5 Å². The number of thiazole rings is 1. The van der Waals surface area contributed by atoms with E-state index >= 15 is 0 Å². The molecule has 0 radical (unpaired) electrons. The zero-order chi connectivity index (χ0) is 19.2. The molecule has 2 atom stereocenters. The summed E-state index contributed by atoms with van der Waals surface area (Å²) in [5.74, 6) is 4.75. The van der Waals surface area contributed by atoms with E-state index in [2.05, 4.69) is 26.0 Å². The van der Waals surface area contributed by atoms with Crippen LogP contribution in [0, 0.1) is 0 Å². The molecule has 8 nitrogen and oxygen atoms in total. The molecule has 0 spiro atoms. The molecule has 0 amide bonds. The minimum Gasteiger partial charge on any atom is -0.423 e. The van der Waals surface area contributed by atoms with Crippen LogP contribution < -0.4 is 5.73 Å². The van der Waals surface area contributed by atoms with E-state index in [1.54, 1.807) is 13.2 Å². The fourth-order valence-electron chi connectivity index (χ4n) is 2.93. The summed E-state index contributed by atoms with van der Waals surface area (Å²) in [5, 5.41) is 8.39. The van der Waals surface area contributed by atoms with Crippen LogP contribution in [0.2, 0.25) is 0 Å². The molecule has 0 fully saturated rings. The highest BCUT2D eigenvalue weighted by atomic mass is 32.2. The van der Waals surface area contributed by atoms with Gasteiger partial charge in [0.05, 0.1) is 20.3 Å². The van der Waals surface area contributed by atoms with Crippen LogP contribution in [0.3, 0.4) is 0 Å². The molecule has 0 saturated carbocycles. The largest absolute Gasteiger partial charge is 0.423 e. The van der Waals surface area contributed by atoms with Crippen LogP contribution in [0.25, 0.3) is 21.9 Å². The number of rotatable bonds is 3. The Balaban J connectivity index is 1.72. The predicted octanol–water partition coefficient (Wildman–Crippen LogP) is 1.97. The van der Waals surface area contributed by atoms with E-state index in [1.807, 2.05) is 31.2 Å². The summed E-state index contributed by atoms with van der Waals surface area (Å²) in [7, 11) is -0.899. The zero-order valence-electron chi connectivity index (χ0n) is 14.8. The Bertz CT molecular complexity index is 1120. The third-order valence-corrected chi connectivity index (χ3v) is 7.91. The summed E-state index contributed by atoms with van der Waals surface area (Å²) in [5.41, 5.74) is 6.99. The molecule has 3 heterocycles. The Morgan fingerprint density at radius 3 is 2.89 bits per heavy atom. The average Bonchev–Trinajstić information content (AvgIpc) is 3.31. The zero-order valence-corrected chi connectivity index (χ0v) is 16.5. The van der Waals surface area contributed by atoms with E-state index in [9.17, 15) is 4.21 Å². The highest BCUT2D eigenvalue weighted by Gasteiger charge is 2.39. The number of nitrogens with zero attached hydrogens (tertiary/aromatic N) is 5. The van der Waals surface area contributed by atoms with Crippen molar-refractivity contribution >= 4 is 32.9 Å². The lowest BCUT2D eigenvalue weighted by molar-refractivity contribution is 0.511. The molecule has 0 saturated heterocycles. The van der Waals surface area contributed by atoms with Crippen molar-refractivity contribution in [3.63, 3.8) is 0 Å². The summed E-state index contributed by atoms with van der Waals surface area (Å²) in [4.78, 5) is 10.0. The number of aromatic nitrogens is 3. The summed E-state index contributed by atoms with van der Waals surface area (Å²) >= 11 is 1.49. The molecule has 10 heteroatoms. The molecule has 0 aliphatic carbocycles. The number of hydrogen-bond acceptors (Lipinski definition) is 8. The molecule has 4 rings (SSSR count). The molecule has 1 aliphatic heterocycles. The van der Waals surface area contributed by atoms with Gasteiger partial charge in [-0.05, 0) is 30.5 Å². The monoisotopic (exact) mass is 402 g/mol. The van der Waals surface area contributed by atoms with E-state index in [0.29, 0.717) is 5.89 Å². The normalized spacial score (nSPS) is 25.4. The van der Waals surface area contributed by atoms with Crippen molar-refractivity contribution in [1.82, 2.24) is 19.5 Å². The first-order chi connectivity index (χ1) is 12.8. The highest BCUT2D eigenvalue weighted by Crippen LogP contribution is 2.38. The molecule has 1 aromatic carbocycles. The first kappa shape index (κ1) is 17.7. The van der Waals surface area contributed by atoms with Crippen LogP contribution in [0.5, 0.6) is 0 Å². The molecular weight excluding hydrogens is 384 g/mol. The van der Waals surface area contributed by atoms with Crippen molar-refractivity contribution in [3.8, 4) is 21.9 Å². The summed E-state index contributed by atoms with van der Waals surface area (Å²) in [6.07, 6.45) is 3.08. The first-order valence-electron chi connectivity index (χ1n) is 8.06. The molecule has 140 valence electrons. The van der Waals surface area contributed by atoms with Gasteiger partial charge < -0.3 is 10.2 Å². The quantitative estimate of drug-likeness (QED) is 0.671. The Hall–Kier alpha value is -2.72. The molecule has 1 aliphatic rings.